The van der Waals surface area contributed by atoms with Gasteiger partial charge in [0.25, 0.3) is 0 Å². The Morgan fingerprint density at radius 1 is 1.27 bits per heavy atom. The molecule has 1 fully saturated rings. The van der Waals surface area contributed by atoms with Gasteiger partial charge in [-0.05, 0) is 25.0 Å². The zero-order chi connectivity index (χ0) is 22.8. The molecule has 162 valence electrons. The number of hydrogen-bond donors (Lipinski definition) is 0. The number of aldehydes is 1. The van der Waals surface area contributed by atoms with Crippen LogP contribution in [0.2, 0.25) is 10.0 Å². The first-order chi connectivity index (χ1) is 13.6. The maximum atomic E-state index is 13.1. The number of benzene rings is 1. The molecule has 0 aliphatic heterocycles. The molecule has 1 aliphatic carbocycles. The maximum absolute atomic E-state index is 13.1. The monoisotopic (exact) mass is 489 g/mol. The molecule has 0 saturated heterocycles. The first-order valence-electron chi connectivity index (χ1n) is 7.90. The average Bonchev–Trinajstić information content (AvgIpc) is 3.34. The molecule has 1 aromatic carbocycles. The zero-order valence-corrected chi connectivity index (χ0v) is 17.1. The van der Waals surface area contributed by atoms with Crippen molar-refractivity contribution < 1.29 is 33.8 Å². The molecule has 14 heteroatoms. The topological polar surface area (TPSA) is 85.0 Å². The highest BCUT2D eigenvalue weighted by Gasteiger charge is 2.65. The molecule has 3 rings (SSSR count). The normalized spacial score (nSPS) is 17.4. The maximum Gasteiger partial charge on any atom is 0.316 e. The quantitative estimate of drug-likeness (QED) is 0.304. The van der Waals surface area contributed by atoms with Gasteiger partial charge >= 0.3 is 16.2 Å². The molecule has 2 aromatic rings. The second-order valence-corrected chi connectivity index (χ2v) is 9.75. The largest absolute Gasteiger partial charge is 0.468 e. The van der Waals surface area contributed by atoms with E-state index in [0.717, 1.165) is 7.11 Å². The third kappa shape index (κ3) is 3.51. The molecule has 6 nitrogen and oxygen atoms in total. The molecule has 1 aliphatic rings. The van der Waals surface area contributed by atoms with Crippen LogP contribution in [0, 0.1) is 11.3 Å². The van der Waals surface area contributed by atoms with E-state index in [1.54, 1.807) is 6.07 Å². The van der Waals surface area contributed by atoms with Crippen LogP contribution < -0.4 is 0 Å². The predicted molar refractivity (Wildman–Crippen MR) is 98.0 cm³/mol. The van der Waals surface area contributed by atoms with Crippen LogP contribution >= 0.6 is 33.4 Å². The van der Waals surface area contributed by atoms with Gasteiger partial charge in [0.2, 0.25) is 0 Å². The highest BCUT2D eigenvalue weighted by Crippen LogP contribution is 3.02. The van der Waals surface area contributed by atoms with Crippen molar-refractivity contribution >= 4 is 45.7 Å². The van der Waals surface area contributed by atoms with Gasteiger partial charge in [-0.2, -0.15) is 10.4 Å². The number of halogens is 7. The van der Waals surface area contributed by atoms with Gasteiger partial charge in [0.15, 0.2) is 12.0 Å². The number of rotatable bonds is 5. The molecule has 0 spiro atoms. The Morgan fingerprint density at radius 3 is 2.17 bits per heavy atom. The molecule has 0 unspecified atom stereocenters. The van der Waals surface area contributed by atoms with Gasteiger partial charge < -0.3 is 4.74 Å². The average molecular weight is 490 g/mol. The Hall–Kier alpha value is -2.36. The van der Waals surface area contributed by atoms with Crippen molar-refractivity contribution in [3.63, 3.8) is 0 Å². The Balaban J connectivity index is 2.31. The van der Waals surface area contributed by atoms with Gasteiger partial charge in [0, 0.05) is 5.56 Å². The van der Waals surface area contributed by atoms with Crippen molar-refractivity contribution in [1.82, 2.24) is 9.78 Å². The first kappa shape index (κ1) is 22.3. The minimum absolute atomic E-state index is 0.0422. The fourth-order valence-corrected chi connectivity index (χ4v) is 4.56. The summed E-state index contributed by atoms with van der Waals surface area (Å²) in [5.74, 6) is -0.741. The summed E-state index contributed by atoms with van der Waals surface area (Å²) >= 11 is 11.6. The standard InChI is InChI=1S/C16H10Cl2F5N3O3S/c1-29-15(28)16(2-3-16)13-11(6-24)25-26(12(13)7-27)14-9(17)4-8(5-10(14)18)30(19,20,21,22)23/h4-5,7H,2-3H2,1H3. The molecule has 0 atom stereocenters. The third-order valence-electron chi connectivity index (χ3n) is 4.59. The van der Waals surface area contributed by atoms with E-state index in [0.29, 0.717) is 4.68 Å². The Morgan fingerprint density at radius 2 is 1.80 bits per heavy atom. The van der Waals surface area contributed by atoms with E-state index in [1.807, 2.05) is 0 Å². The van der Waals surface area contributed by atoms with E-state index >= 15 is 0 Å². The van der Waals surface area contributed by atoms with Crippen LogP contribution in [-0.2, 0) is 14.9 Å². The molecule has 30 heavy (non-hydrogen) atoms. The van der Waals surface area contributed by atoms with E-state index in [4.69, 9.17) is 27.9 Å². The molecule has 1 heterocycles. The second-order valence-electron chi connectivity index (χ2n) is 6.53. The summed E-state index contributed by atoms with van der Waals surface area (Å²) in [5.41, 5.74) is -2.75. The van der Waals surface area contributed by atoms with Crippen molar-refractivity contribution in [2.75, 3.05) is 7.11 Å². The Bertz CT molecular complexity index is 1130. The number of methoxy groups -OCH3 is 1. The van der Waals surface area contributed by atoms with Gasteiger partial charge in [0.05, 0.1) is 22.6 Å². The van der Waals surface area contributed by atoms with Gasteiger partial charge in [0.1, 0.15) is 22.3 Å². The Kier molecular flexibility index (Phi) is 4.53. The summed E-state index contributed by atoms with van der Waals surface area (Å²) in [6.45, 7) is 0. The summed E-state index contributed by atoms with van der Waals surface area (Å²) in [7, 11) is -8.99. The molecule has 0 N–H and O–H groups in total. The molecule has 1 saturated carbocycles. The van der Waals surface area contributed by atoms with Crippen molar-refractivity contribution in [1.29, 1.82) is 5.26 Å². The lowest BCUT2D eigenvalue weighted by molar-refractivity contribution is -0.143. The number of carbonyl (C=O) groups is 2. The van der Waals surface area contributed by atoms with Crippen LogP contribution in [0.1, 0.15) is 34.6 Å². The van der Waals surface area contributed by atoms with Gasteiger partial charge in [-0.3, -0.25) is 9.59 Å². The van der Waals surface area contributed by atoms with E-state index in [9.17, 15) is 34.3 Å². The van der Waals surface area contributed by atoms with Crippen LogP contribution in [-0.4, -0.2) is 29.1 Å². The number of nitrogens with zero attached hydrogens (tertiary/aromatic N) is 3. The lowest BCUT2D eigenvalue weighted by Gasteiger charge is -2.40. The van der Waals surface area contributed by atoms with E-state index in [-0.39, 0.29) is 42.5 Å². The number of hydrogen-bond acceptors (Lipinski definition) is 5. The molecule has 0 radical (unpaired) electrons. The van der Waals surface area contributed by atoms with Crippen LogP contribution in [0.4, 0.5) is 19.4 Å². The lowest BCUT2D eigenvalue weighted by atomic mass is 9.94. The summed E-state index contributed by atoms with van der Waals surface area (Å²) in [6.07, 6.45) is 0.661. The highest BCUT2D eigenvalue weighted by molar-refractivity contribution is 8.45. The number of ether oxygens (including phenoxy) is 1. The van der Waals surface area contributed by atoms with Crippen LogP contribution in [0.3, 0.4) is 0 Å². The highest BCUT2D eigenvalue weighted by atomic mass is 35.5. The molecule has 0 amide bonds. The smallest absolute Gasteiger partial charge is 0.316 e. The fraction of sp³-hybridized carbons (Fsp3) is 0.250. The van der Waals surface area contributed by atoms with E-state index < -0.39 is 47.9 Å². The second kappa shape index (κ2) is 6.09. The summed E-state index contributed by atoms with van der Waals surface area (Å²) in [6, 6.07) is 1.61. The number of esters is 1. The van der Waals surface area contributed by atoms with E-state index in [2.05, 4.69) is 5.10 Å². The third-order valence-corrected chi connectivity index (χ3v) is 6.29. The summed E-state index contributed by atoms with van der Waals surface area (Å²) in [4.78, 5) is 21.7. The van der Waals surface area contributed by atoms with Crippen LogP contribution in [0.5, 0.6) is 0 Å². The van der Waals surface area contributed by atoms with Crippen molar-refractivity contribution in [3.8, 4) is 11.8 Å². The fourth-order valence-electron chi connectivity index (χ4n) is 3.10. The van der Waals surface area contributed by atoms with Gasteiger partial charge in [-0.1, -0.05) is 42.6 Å². The van der Waals surface area contributed by atoms with Crippen LogP contribution in [0.25, 0.3) is 5.69 Å². The summed E-state index contributed by atoms with van der Waals surface area (Å²) in [5, 5.41) is 11.4. The molecular formula is C16H10Cl2F5N3O3S. The number of carbonyl (C=O) groups excluding carboxylic acids is 2. The molecular weight excluding hydrogens is 480 g/mol. The Labute approximate surface area is 175 Å². The number of aromatic nitrogens is 2. The van der Waals surface area contributed by atoms with Crippen molar-refractivity contribution in [3.05, 3.63) is 39.1 Å². The summed E-state index contributed by atoms with van der Waals surface area (Å²) < 4.78 is 70.9. The lowest BCUT2D eigenvalue weighted by Crippen LogP contribution is -2.24. The van der Waals surface area contributed by atoms with Crippen molar-refractivity contribution in [2.45, 2.75) is 23.2 Å². The minimum Gasteiger partial charge on any atom is -0.468 e. The zero-order valence-electron chi connectivity index (χ0n) is 14.8. The molecule has 0 bridgehead atoms. The van der Waals surface area contributed by atoms with Gasteiger partial charge in [-0.15, -0.1) is 0 Å². The van der Waals surface area contributed by atoms with Gasteiger partial charge in [-0.25, -0.2) is 4.68 Å². The minimum atomic E-state index is -10.1. The van der Waals surface area contributed by atoms with E-state index in [1.165, 1.54) is 0 Å². The predicted octanol–water partition coefficient (Wildman–Crippen LogP) is 5.73. The number of nitriles is 1. The van der Waals surface area contributed by atoms with Crippen molar-refractivity contribution in [2.24, 2.45) is 0 Å². The van der Waals surface area contributed by atoms with Crippen LogP contribution in [0.15, 0.2) is 17.0 Å². The first-order valence-corrected chi connectivity index (χ1v) is 10.6. The SMILES string of the molecule is COC(=O)C1(c2c(C#N)nn(-c3c(Cl)cc(S(F)(F)(F)(F)F)cc3Cl)c2C=O)CC1. The molecule has 1 aromatic heterocycles.